The number of quaternary nitrogens is 2. The Balaban J connectivity index is -0.000000160. The standard InChI is InChI=1S/C10H24N.C4H11NO3S.2H3O4P/c1-5-7-9-11(3,4)10-8-6-2;1-4-5(2,3)9(6,7)8;2*1-5(2,3)4/h5-10H2,1-4H3;4H2,1-3H3;2*(H3,1,2,3,4)/q+1;;;/p-1. The van der Waals surface area contributed by atoms with Crippen LogP contribution in [0.2, 0.25) is 0 Å². The molecule has 16 heteroatoms. The van der Waals surface area contributed by atoms with Gasteiger partial charge in [-0.25, -0.2) is 4.55 Å². The fraction of sp³-hybridized carbons (Fsp3) is 1.00. The van der Waals surface area contributed by atoms with Gasteiger partial charge >= 0.3 is 10.3 Å². The highest BCUT2D eigenvalue weighted by atomic mass is 32.2. The van der Waals surface area contributed by atoms with Gasteiger partial charge in [-0.15, -0.1) is 8.42 Å². The number of phosphoric acid groups is 2. The van der Waals surface area contributed by atoms with E-state index in [0.717, 1.165) is 0 Å². The minimum atomic E-state index is -4.89. The van der Waals surface area contributed by atoms with Crippen LogP contribution < -0.4 is 9.79 Å². The molecule has 0 unspecified atom stereocenters. The van der Waals surface area contributed by atoms with E-state index in [9.17, 15) is 8.42 Å². The van der Waals surface area contributed by atoms with Gasteiger partial charge in [0.15, 0.2) is 0 Å². The minimum Gasteiger partial charge on any atom is -0.756 e. The summed E-state index contributed by atoms with van der Waals surface area (Å²) in [6, 6.07) is 0. The predicted octanol–water partition coefficient (Wildman–Crippen LogP) is -0.573. The lowest BCUT2D eigenvalue weighted by molar-refractivity contribution is -0.890. The molecule has 0 saturated heterocycles. The highest BCUT2D eigenvalue weighted by Gasteiger charge is 2.27. The van der Waals surface area contributed by atoms with E-state index in [4.69, 9.17) is 43.0 Å². The highest BCUT2D eigenvalue weighted by Crippen LogP contribution is 2.19. The van der Waals surface area contributed by atoms with Crippen molar-refractivity contribution in [3.05, 3.63) is 0 Å². The maximum Gasteiger partial charge on any atom is 0.432 e. The summed E-state index contributed by atoms with van der Waals surface area (Å²) in [5.41, 5.74) is 0. The first-order valence-corrected chi connectivity index (χ1v) is 13.5. The molecule has 0 heterocycles. The molecule has 0 spiro atoms. The normalized spacial score (nSPS) is 12.5. The van der Waals surface area contributed by atoms with Crippen LogP contribution >= 0.6 is 15.6 Å². The maximum absolute atomic E-state index is 10.4. The van der Waals surface area contributed by atoms with Crippen LogP contribution in [0.5, 0.6) is 0 Å². The first-order valence-electron chi connectivity index (χ1n) is 9.09. The van der Waals surface area contributed by atoms with Crippen molar-refractivity contribution in [3.63, 3.8) is 0 Å². The molecular weight excluding hydrogens is 466 g/mol. The van der Waals surface area contributed by atoms with Crippen LogP contribution in [-0.2, 0) is 19.4 Å². The third kappa shape index (κ3) is 42.2. The molecule has 0 aromatic heterocycles. The van der Waals surface area contributed by atoms with Gasteiger partial charge in [0.25, 0.3) is 15.6 Å². The summed E-state index contributed by atoms with van der Waals surface area (Å²) in [6.07, 6.45) is 5.40. The zero-order valence-electron chi connectivity index (χ0n) is 18.8. The Morgan fingerprint density at radius 2 is 1.00 bits per heavy atom. The van der Waals surface area contributed by atoms with Crippen LogP contribution in [0.25, 0.3) is 0 Å². The second-order valence-corrected chi connectivity index (χ2v) is 11.3. The molecule has 0 bridgehead atoms. The Bertz CT molecular complexity index is 569. The number of nitrogens with zero attached hydrogens (tertiary/aromatic N) is 2. The molecule has 30 heavy (non-hydrogen) atoms. The topological polar surface area (TPSA) is 216 Å². The van der Waals surface area contributed by atoms with Crippen LogP contribution in [0.4, 0.5) is 0 Å². The smallest absolute Gasteiger partial charge is 0.432 e. The van der Waals surface area contributed by atoms with Crippen LogP contribution in [-0.4, -0.2) is 88.7 Å². The Hall–Kier alpha value is 0.0500. The van der Waals surface area contributed by atoms with Crippen LogP contribution in [0.3, 0.4) is 0 Å². The molecule has 188 valence electrons. The van der Waals surface area contributed by atoms with E-state index in [1.54, 1.807) is 6.92 Å². The van der Waals surface area contributed by atoms with E-state index in [-0.39, 0.29) is 3.89 Å². The summed E-state index contributed by atoms with van der Waals surface area (Å²) in [5.74, 6) is 0. The fourth-order valence-electron chi connectivity index (χ4n) is 1.45. The lowest BCUT2D eigenvalue weighted by Gasteiger charge is -2.29. The lowest BCUT2D eigenvalue weighted by atomic mass is 10.2. The average Bonchev–Trinajstić information content (AvgIpc) is 2.47. The van der Waals surface area contributed by atoms with Gasteiger partial charge in [-0.3, -0.25) is 9.13 Å². The largest absolute Gasteiger partial charge is 0.756 e. The highest BCUT2D eigenvalue weighted by molar-refractivity contribution is 7.80. The Kier molecular flexibility index (Phi) is 20.7. The van der Waals surface area contributed by atoms with Gasteiger partial charge in [0, 0.05) is 0 Å². The van der Waals surface area contributed by atoms with Crippen molar-refractivity contribution < 1.29 is 59.8 Å². The molecular formula is C14H40N2O11P2S. The van der Waals surface area contributed by atoms with E-state index in [0.29, 0.717) is 6.54 Å². The van der Waals surface area contributed by atoms with Gasteiger partial charge < -0.3 is 33.8 Å². The molecule has 0 radical (unpaired) electrons. The molecule has 0 aliphatic carbocycles. The predicted molar refractivity (Wildman–Crippen MR) is 110 cm³/mol. The molecule has 5 N–H and O–H groups in total. The van der Waals surface area contributed by atoms with E-state index in [1.165, 1.54) is 57.4 Å². The van der Waals surface area contributed by atoms with Crippen molar-refractivity contribution in [1.82, 2.24) is 0 Å². The molecule has 0 fully saturated rings. The summed E-state index contributed by atoms with van der Waals surface area (Å²) in [6.45, 7) is 9.26. The van der Waals surface area contributed by atoms with Crippen LogP contribution in [0.1, 0.15) is 46.5 Å². The van der Waals surface area contributed by atoms with Crippen molar-refractivity contribution in [1.29, 1.82) is 0 Å². The van der Waals surface area contributed by atoms with Gasteiger partial charge in [-0.1, -0.05) is 26.7 Å². The van der Waals surface area contributed by atoms with Crippen molar-refractivity contribution >= 4 is 25.9 Å². The Morgan fingerprint density at radius 3 is 1.10 bits per heavy atom. The molecule has 0 amide bonds. The second-order valence-electron chi connectivity index (χ2n) is 7.41. The molecule has 13 nitrogen and oxygen atoms in total. The summed E-state index contributed by atoms with van der Waals surface area (Å²) in [4.78, 5) is 45.8. The maximum atomic E-state index is 10.4. The summed E-state index contributed by atoms with van der Waals surface area (Å²) < 4.78 is 47.7. The van der Waals surface area contributed by atoms with E-state index in [1.807, 2.05) is 0 Å². The molecule has 0 aliphatic heterocycles. The number of unbranched alkanes of at least 4 members (excludes halogenated alkanes) is 2. The van der Waals surface area contributed by atoms with Crippen molar-refractivity contribution in [2.75, 3.05) is 47.8 Å². The second kappa shape index (κ2) is 16.7. The third-order valence-electron chi connectivity index (χ3n) is 3.62. The number of hydrogen-bond donors (Lipinski definition) is 5. The molecule has 0 aromatic rings. The van der Waals surface area contributed by atoms with Crippen molar-refractivity contribution in [2.24, 2.45) is 0 Å². The molecule has 0 saturated carbocycles. The van der Waals surface area contributed by atoms with E-state index in [2.05, 4.69) is 27.9 Å². The Morgan fingerprint density at radius 1 is 0.767 bits per heavy atom. The van der Waals surface area contributed by atoms with Gasteiger partial charge in [0.2, 0.25) is 0 Å². The SMILES string of the molecule is CCCC[N+](C)(C)CCCC.CC[N+](C)(C)S(=O)(=O)O.O=P([O-])(O)O.O=P([O-])(O)O. The van der Waals surface area contributed by atoms with Crippen LogP contribution in [0, 0.1) is 0 Å². The number of rotatable bonds is 8. The summed E-state index contributed by atoms with van der Waals surface area (Å²) >= 11 is 0. The van der Waals surface area contributed by atoms with Crippen molar-refractivity contribution in [2.45, 2.75) is 46.5 Å². The van der Waals surface area contributed by atoms with Crippen LogP contribution in [0.15, 0.2) is 0 Å². The molecule has 0 atom stereocenters. The van der Waals surface area contributed by atoms with Gasteiger partial charge in [-0.05, 0) is 19.8 Å². The molecule has 0 aromatic carbocycles. The average molecular weight is 506 g/mol. The van der Waals surface area contributed by atoms with Crippen molar-refractivity contribution in [3.8, 4) is 0 Å². The molecule has 0 aliphatic rings. The summed E-state index contributed by atoms with van der Waals surface area (Å²) in [7, 11) is -6.16. The number of hydrogen-bond acceptors (Lipinski definition) is 6. The third-order valence-corrected chi connectivity index (χ3v) is 5.13. The van der Waals surface area contributed by atoms with Gasteiger partial charge in [0.05, 0.1) is 47.8 Å². The summed E-state index contributed by atoms with van der Waals surface area (Å²) in [5, 5.41) is 0. The first-order chi connectivity index (χ1) is 12.9. The molecule has 0 rings (SSSR count). The fourth-order valence-corrected chi connectivity index (χ4v) is 1.77. The lowest BCUT2D eigenvalue weighted by Crippen LogP contribution is -2.44. The van der Waals surface area contributed by atoms with E-state index >= 15 is 0 Å². The van der Waals surface area contributed by atoms with E-state index < -0.39 is 25.9 Å². The minimum absolute atomic E-state index is 0.360. The Labute approximate surface area is 180 Å². The zero-order valence-corrected chi connectivity index (χ0v) is 21.4. The zero-order chi connectivity index (χ0) is 25.4. The monoisotopic (exact) mass is 506 g/mol. The van der Waals surface area contributed by atoms with Gasteiger partial charge in [-0.2, -0.15) is 3.89 Å². The quantitative estimate of drug-likeness (QED) is 0.159. The first kappa shape index (κ1) is 37.4. The van der Waals surface area contributed by atoms with Gasteiger partial charge in [0.1, 0.15) is 0 Å².